The number of nitriles is 1. The van der Waals surface area contributed by atoms with Crippen LogP contribution in [0.15, 0.2) is 42.5 Å². The monoisotopic (exact) mass is 270 g/mol. The van der Waals surface area contributed by atoms with E-state index >= 15 is 0 Å². The smallest absolute Gasteiger partial charge is 0.255 e. The lowest BCUT2D eigenvalue weighted by molar-refractivity contribution is 0.102. The molecule has 0 aliphatic heterocycles. The van der Waals surface area contributed by atoms with Crippen LogP contribution in [0.4, 0.5) is 5.69 Å². The lowest BCUT2D eigenvalue weighted by Crippen LogP contribution is -2.12. The van der Waals surface area contributed by atoms with Gasteiger partial charge in [0, 0.05) is 5.56 Å². The summed E-state index contributed by atoms with van der Waals surface area (Å²) in [6, 6.07) is 14.0. The summed E-state index contributed by atoms with van der Waals surface area (Å²) in [5.41, 5.74) is 2.51. The molecule has 0 saturated carbocycles. The number of halogens is 1. The van der Waals surface area contributed by atoms with Crippen LogP contribution in [0.2, 0.25) is 5.02 Å². The maximum Gasteiger partial charge on any atom is 0.255 e. The van der Waals surface area contributed by atoms with Crippen LogP contribution >= 0.6 is 11.6 Å². The van der Waals surface area contributed by atoms with Crippen molar-refractivity contribution in [1.82, 2.24) is 0 Å². The molecule has 2 aromatic carbocycles. The Kier molecular flexibility index (Phi) is 3.84. The van der Waals surface area contributed by atoms with Gasteiger partial charge < -0.3 is 5.32 Å². The summed E-state index contributed by atoms with van der Waals surface area (Å²) in [4.78, 5) is 12.0. The van der Waals surface area contributed by atoms with Crippen LogP contribution in [0.25, 0.3) is 0 Å². The average molecular weight is 271 g/mol. The van der Waals surface area contributed by atoms with Crippen LogP contribution < -0.4 is 5.32 Å². The Hall–Kier alpha value is -2.31. The summed E-state index contributed by atoms with van der Waals surface area (Å²) in [6.07, 6.45) is 0. The van der Waals surface area contributed by atoms with E-state index < -0.39 is 0 Å². The van der Waals surface area contributed by atoms with E-state index in [2.05, 4.69) is 5.32 Å². The molecule has 19 heavy (non-hydrogen) atoms. The zero-order valence-corrected chi connectivity index (χ0v) is 11.0. The van der Waals surface area contributed by atoms with Gasteiger partial charge in [0.1, 0.15) is 0 Å². The van der Waals surface area contributed by atoms with Crippen molar-refractivity contribution in [2.24, 2.45) is 0 Å². The molecule has 0 atom stereocenters. The van der Waals surface area contributed by atoms with Crippen molar-refractivity contribution < 1.29 is 4.79 Å². The van der Waals surface area contributed by atoms with Crippen molar-refractivity contribution >= 4 is 23.2 Å². The van der Waals surface area contributed by atoms with E-state index in [0.717, 1.165) is 5.56 Å². The largest absolute Gasteiger partial charge is 0.321 e. The van der Waals surface area contributed by atoms with Crippen LogP contribution in [0.5, 0.6) is 0 Å². The molecule has 0 saturated heterocycles. The molecule has 0 aliphatic rings. The Balaban J connectivity index is 2.24. The zero-order valence-electron chi connectivity index (χ0n) is 10.3. The van der Waals surface area contributed by atoms with Gasteiger partial charge in [-0.15, -0.1) is 0 Å². The van der Waals surface area contributed by atoms with Crippen LogP contribution in [0.3, 0.4) is 0 Å². The second-order valence-corrected chi connectivity index (χ2v) is 4.53. The van der Waals surface area contributed by atoms with E-state index in [-0.39, 0.29) is 5.91 Å². The van der Waals surface area contributed by atoms with Crippen molar-refractivity contribution in [3.05, 3.63) is 64.2 Å². The number of hydrogen-bond acceptors (Lipinski definition) is 2. The van der Waals surface area contributed by atoms with E-state index in [0.29, 0.717) is 21.8 Å². The second kappa shape index (κ2) is 5.55. The van der Waals surface area contributed by atoms with E-state index in [4.69, 9.17) is 16.9 Å². The second-order valence-electron chi connectivity index (χ2n) is 4.13. The van der Waals surface area contributed by atoms with E-state index in [1.165, 1.54) is 0 Å². The fourth-order valence-electron chi connectivity index (χ4n) is 1.59. The number of nitrogens with one attached hydrogen (secondary N) is 1. The van der Waals surface area contributed by atoms with Crippen molar-refractivity contribution in [2.75, 3.05) is 5.32 Å². The molecule has 0 spiro atoms. The first-order valence-corrected chi connectivity index (χ1v) is 6.05. The molecule has 0 bridgehead atoms. The van der Waals surface area contributed by atoms with E-state index in [1.54, 1.807) is 30.3 Å². The van der Waals surface area contributed by atoms with Gasteiger partial charge in [-0.3, -0.25) is 4.79 Å². The van der Waals surface area contributed by atoms with Gasteiger partial charge in [-0.25, -0.2) is 0 Å². The standard InChI is InChI=1S/C15H11ClN2O/c1-10-2-5-12(6-3-10)15(19)18-14-8-11(9-17)4-7-13(14)16/h2-8H,1H3,(H,18,19). The lowest BCUT2D eigenvalue weighted by Gasteiger charge is -2.07. The number of hydrogen-bond donors (Lipinski definition) is 1. The molecule has 0 aromatic heterocycles. The van der Waals surface area contributed by atoms with E-state index in [9.17, 15) is 4.79 Å². The van der Waals surface area contributed by atoms with Gasteiger partial charge in [0.2, 0.25) is 0 Å². The molecule has 94 valence electrons. The summed E-state index contributed by atoms with van der Waals surface area (Å²) >= 11 is 5.99. The van der Waals surface area contributed by atoms with Crippen LogP contribution in [0, 0.1) is 18.3 Å². The van der Waals surface area contributed by atoms with Gasteiger partial charge in [-0.05, 0) is 37.3 Å². The van der Waals surface area contributed by atoms with Crippen molar-refractivity contribution in [1.29, 1.82) is 5.26 Å². The Bertz CT molecular complexity index is 657. The van der Waals surface area contributed by atoms with Crippen molar-refractivity contribution in [3.8, 4) is 6.07 Å². The number of benzene rings is 2. The molecular weight excluding hydrogens is 260 g/mol. The maximum absolute atomic E-state index is 12.0. The fourth-order valence-corrected chi connectivity index (χ4v) is 1.75. The van der Waals surface area contributed by atoms with Crippen LogP contribution in [-0.4, -0.2) is 5.91 Å². The summed E-state index contributed by atoms with van der Waals surface area (Å²) < 4.78 is 0. The molecule has 2 aromatic rings. The summed E-state index contributed by atoms with van der Waals surface area (Å²) in [5.74, 6) is -0.253. The quantitative estimate of drug-likeness (QED) is 0.903. The first-order valence-electron chi connectivity index (χ1n) is 5.68. The Morgan fingerprint density at radius 1 is 1.21 bits per heavy atom. The minimum absolute atomic E-state index is 0.253. The number of rotatable bonds is 2. The molecule has 4 heteroatoms. The SMILES string of the molecule is Cc1ccc(C(=O)Nc2cc(C#N)ccc2Cl)cc1. The molecule has 1 amide bonds. The fraction of sp³-hybridized carbons (Fsp3) is 0.0667. The van der Waals surface area contributed by atoms with Crippen molar-refractivity contribution in [3.63, 3.8) is 0 Å². The maximum atomic E-state index is 12.0. The Morgan fingerprint density at radius 3 is 2.53 bits per heavy atom. The molecule has 0 heterocycles. The highest BCUT2D eigenvalue weighted by molar-refractivity contribution is 6.34. The third-order valence-electron chi connectivity index (χ3n) is 2.66. The third kappa shape index (κ3) is 3.12. The van der Waals surface area contributed by atoms with Gasteiger partial charge in [-0.1, -0.05) is 29.3 Å². The molecule has 2 rings (SSSR count). The number of carbonyl (C=O) groups is 1. The number of anilines is 1. The third-order valence-corrected chi connectivity index (χ3v) is 2.99. The number of nitrogens with zero attached hydrogens (tertiary/aromatic N) is 1. The summed E-state index contributed by atoms with van der Waals surface area (Å²) in [7, 11) is 0. The van der Waals surface area contributed by atoms with Crippen molar-refractivity contribution in [2.45, 2.75) is 6.92 Å². The first-order chi connectivity index (χ1) is 9.10. The Labute approximate surface area is 116 Å². The highest BCUT2D eigenvalue weighted by Gasteiger charge is 2.09. The van der Waals surface area contributed by atoms with Crippen LogP contribution in [0.1, 0.15) is 21.5 Å². The summed E-state index contributed by atoms with van der Waals surface area (Å²) in [5, 5.41) is 11.9. The molecule has 0 aliphatic carbocycles. The van der Waals surface area contributed by atoms with Gasteiger partial charge in [0.15, 0.2) is 0 Å². The number of amides is 1. The zero-order chi connectivity index (χ0) is 13.8. The normalized spacial score (nSPS) is 9.74. The predicted octanol–water partition coefficient (Wildman–Crippen LogP) is 3.77. The van der Waals surface area contributed by atoms with E-state index in [1.807, 2.05) is 25.1 Å². The van der Waals surface area contributed by atoms with Gasteiger partial charge >= 0.3 is 0 Å². The minimum atomic E-state index is -0.253. The highest BCUT2D eigenvalue weighted by Crippen LogP contribution is 2.23. The van der Waals surface area contributed by atoms with Gasteiger partial charge in [0.05, 0.1) is 22.3 Å². The summed E-state index contributed by atoms with van der Waals surface area (Å²) in [6.45, 7) is 1.95. The topological polar surface area (TPSA) is 52.9 Å². The highest BCUT2D eigenvalue weighted by atomic mass is 35.5. The number of carbonyl (C=O) groups excluding carboxylic acids is 1. The molecule has 3 nitrogen and oxygen atoms in total. The first kappa shape index (κ1) is 13.1. The minimum Gasteiger partial charge on any atom is -0.321 e. The average Bonchev–Trinajstić information content (AvgIpc) is 2.42. The molecular formula is C15H11ClN2O. The van der Waals surface area contributed by atoms with Crippen LogP contribution in [-0.2, 0) is 0 Å². The molecule has 1 N–H and O–H groups in total. The Morgan fingerprint density at radius 2 is 1.89 bits per heavy atom. The molecule has 0 unspecified atom stereocenters. The lowest BCUT2D eigenvalue weighted by atomic mass is 10.1. The molecule has 0 radical (unpaired) electrons. The molecule has 0 fully saturated rings. The van der Waals surface area contributed by atoms with Gasteiger partial charge in [0.25, 0.3) is 5.91 Å². The number of aryl methyl sites for hydroxylation is 1. The predicted molar refractivity (Wildman–Crippen MR) is 75.3 cm³/mol. The van der Waals surface area contributed by atoms with Gasteiger partial charge in [-0.2, -0.15) is 5.26 Å².